The topological polar surface area (TPSA) is 41.1 Å². The summed E-state index contributed by atoms with van der Waals surface area (Å²) in [6, 6.07) is 8.07. The normalized spacial score (nSPS) is 22.5. The quantitative estimate of drug-likeness (QED) is 0.833. The maximum Gasteiger partial charge on any atom is 0.242 e. The van der Waals surface area contributed by atoms with E-state index < -0.39 is 0 Å². The van der Waals surface area contributed by atoms with Crippen molar-refractivity contribution < 1.29 is 4.79 Å². The second-order valence-electron chi connectivity index (χ2n) is 5.10. The maximum atomic E-state index is 12.0. The zero-order valence-electron chi connectivity index (χ0n) is 9.91. The van der Waals surface area contributed by atoms with Crippen molar-refractivity contribution >= 4 is 11.6 Å². The van der Waals surface area contributed by atoms with E-state index in [0.717, 1.165) is 24.6 Å². The Kier molecular flexibility index (Phi) is 2.75. The molecule has 0 saturated heterocycles. The molecular formula is C14H18N2O. The van der Waals surface area contributed by atoms with Crippen molar-refractivity contribution in [2.75, 3.05) is 11.9 Å². The summed E-state index contributed by atoms with van der Waals surface area (Å²) in [5.74, 6) is 0.871. The largest absolute Gasteiger partial charge is 0.373 e. The number of hydrogen-bond acceptors (Lipinski definition) is 2. The summed E-state index contributed by atoms with van der Waals surface area (Å²) in [5.41, 5.74) is 2.35. The van der Waals surface area contributed by atoms with Crippen LogP contribution in [0.15, 0.2) is 24.3 Å². The van der Waals surface area contributed by atoms with Gasteiger partial charge in [0.05, 0.1) is 0 Å². The van der Waals surface area contributed by atoms with Gasteiger partial charge in [0.25, 0.3) is 0 Å². The van der Waals surface area contributed by atoms with Crippen LogP contribution in [0.4, 0.5) is 5.69 Å². The van der Waals surface area contributed by atoms with Crippen molar-refractivity contribution in [3.63, 3.8) is 0 Å². The molecule has 0 spiro atoms. The SMILES string of the molecule is O=C(NCC1CCC1)[C@@H]1Cc2ccccc2N1. The van der Waals surface area contributed by atoms with E-state index in [1.165, 1.54) is 24.8 Å². The highest BCUT2D eigenvalue weighted by Crippen LogP contribution is 2.27. The lowest BCUT2D eigenvalue weighted by Gasteiger charge is -2.26. The van der Waals surface area contributed by atoms with Crippen molar-refractivity contribution in [2.45, 2.75) is 31.7 Å². The third kappa shape index (κ3) is 2.14. The Morgan fingerprint density at radius 1 is 1.35 bits per heavy atom. The van der Waals surface area contributed by atoms with Gasteiger partial charge in [0, 0.05) is 18.7 Å². The van der Waals surface area contributed by atoms with Gasteiger partial charge in [-0.2, -0.15) is 0 Å². The molecule has 1 aromatic carbocycles. The second kappa shape index (κ2) is 4.40. The van der Waals surface area contributed by atoms with Gasteiger partial charge < -0.3 is 10.6 Å². The number of benzene rings is 1. The van der Waals surface area contributed by atoms with Gasteiger partial charge in [0.15, 0.2) is 0 Å². The Bertz CT molecular complexity index is 401. The Labute approximate surface area is 102 Å². The summed E-state index contributed by atoms with van der Waals surface area (Å²) in [5, 5.41) is 6.34. The first kappa shape index (κ1) is 10.6. The molecule has 1 aromatic rings. The van der Waals surface area contributed by atoms with Crippen LogP contribution in [0, 0.1) is 5.92 Å². The van der Waals surface area contributed by atoms with E-state index in [9.17, 15) is 4.79 Å². The number of anilines is 1. The number of hydrogen-bond donors (Lipinski definition) is 2. The molecule has 0 aromatic heterocycles. The first-order valence-electron chi connectivity index (χ1n) is 6.45. The van der Waals surface area contributed by atoms with Crippen LogP contribution in [0.1, 0.15) is 24.8 Å². The minimum absolute atomic E-state index is 0.0764. The zero-order chi connectivity index (χ0) is 11.7. The third-order valence-electron chi connectivity index (χ3n) is 3.88. The predicted molar refractivity (Wildman–Crippen MR) is 67.9 cm³/mol. The van der Waals surface area contributed by atoms with Crippen LogP contribution < -0.4 is 10.6 Å². The van der Waals surface area contributed by atoms with Crippen molar-refractivity contribution in [3.05, 3.63) is 29.8 Å². The number of amides is 1. The molecule has 0 unspecified atom stereocenters. The van der Waals surface area contributed by atoms with E-state index in [-0.39, 0.29) is 11.9 Å². The number of carbonyl (C=O) groups is 1. The highest BCUT2D eigenvalue weighted by atomic mass is 16.2. The molecule has 3 nitrogen and oxygen atoms in total. The van der Waals surface area contributed by atoms with Crippen molar-refractivity contribution in [1.82, 2.24) is 5.32 Å². The molecule has 1 aliphatic heterocycles. The Balaban J connectivity index is 1.54. The fraction of sp³-hybridized carbons (Fsp3) is 0.500. The molecule has 2 N–H and O–H groups in total. The first-order chi connectivity index (χ1) is 8.33. The molecule has 3 rings (SSSR count). The van der Waals surface area contributed by atoms with Gasteiger partial charge in [-0.25, -0.2) is 0 Å². The lowest BCUT2D eigenvalue weighted by atomic mass is 9.85. The maximum absolute atomic E-state index is 12.0. The molecule has 0 bridgehead atoms. The van der Waals surface area contributed by atoms with E-state index in [1.807, 2.05) is 18.2 Å². The van der Waals surface area contributed by atoms with E-state index in [1.54, 1.807) is 0 Å². The fourth-order valence-electron chi connectivity index (χ4n) is 2.52. The second-order valence-corrected chi connectivity index (χ2v) is 5.10. The van der Waals surface area contributed by atoms with E-state index >= 15 is 0 Å². The molecule has 17 heavy (non-hydrogen) atoms. The molecule has 90 valence electrons. The molecule has 3 heteroatoms. The van der Waals surface area contributed by atoms with Gasteiger partial charge in [-0.15, -0.1) is 0 Å². The Morgan fingerprint density at radius 2 is 2.18 bits per heavy atom. The molecule has 1 fully saturated rings. The average molecular weight is 230 g/mol. The van der Waals surface area contributed by atoms with Crippen LogP contribution >= 0.6 is 0 Å². The van der Waals surface area contributed by atoms with E-state index in [2.05, 4.69) is 16.7 Å². The summed E-state index contributed by atoms with van der Waals surface area (Å²) >= 11 is 0. The van der Waals surface area contributed by atoms with Crippen LogP contribution in [0.25, 0.3) is 0 Å². The standard InChI is InChI=1S/C14H18N2O/c17-14(15-9-10-4-3-5-10)13-8-11-6-1-2-7-12(11)16-13/h1-2,6-7,10,13,16H,3-5,8-9H2,(H,15,17)/t13-/m0/s1. The number of para-hydroxylation sites is 1. The van der Waals surface area contributed by atoms with Crippen LogP contribution in [-0.2, 0) is 11.2 Å². The third-order valence-corrected chi connectivity index (χ3v) is 3.88. The van der Waals surface area contributed by atoms with Gasteiger partial charge >= 0.3 is 0 Å². The van der Waals surface area contributed by atoms with Gasteiger partial charge in [-0.3, -0.25) is 4.79 Å². The highest BCUT2D eigenvalue weighted by Gasteiger charge is 2.27. The first-order valence-corrected chi connectivity index (χ1v) is 6.45. The number of rotatable bonds is 3. The zero-order valence-corrected chi connectivity index (χ0v) is 9.91. The van der Waals surface area contributed by atoms with Crippen molar-refractivity contribution in [1.29, 1.82) is 0 Å². The molecule has 1 amide bonds. The van der Waals surface area contributed by atoms with Crippen LogP contribution in [0.5, 0.6) is 0 Å². The van der Waals surface area contributed by atoms with Crippen LogP contribution in [0.3, 0.4) is 0 Å². The van der Waals surface area contributed by atoms with Crippen molar-refractivity contribution in [3.8, 4) is 0 Å². The smallest absolute Gasteiger partial charge is 0.242 e. The summed E-state index contributed by atoms with van der Waals surface area (Å²) in [7, 11) is 0. The lowest BCUT2D eigenvalue weighted by molar-refractivity contribution is -0.122. The van der Waals surface area contributed by atoms with Gasteiger partial charge in [0.2, 0.25) is 5.91 Å². The Hall–Kier alpha value is -1.51. The fourth-order valence-corrected chi connectivity index (χ4v) is 2.52. The number of fused-ring (bicyclic) bond motifs is 1. The van der Waals surface area contributed by atoms with Crippen LogP contribution in [0.2, 0.25) is 0 Å². The minimum Gasteiger partial charge on any atom is -0.373 e. The van der Waals surface area contributed by atoms with E-state index in [0.29, 0.717) is 0 Å². The summed E-state index contributed by atoms with van der Waals surface area (Å²) in [4.78, 5) is 12.0. The molecule has 1 aliphatic carbocycles. The minimum atomic E-state index is -0.0764. The Morgan fingerprint density at radius 3 is 2.88 bits per heavy atom. The lowest BCUT2D eigenvalue weighted by Crippen LogP contribution is -2.41. The summed E-state index contributed by atoms with van der Waals surface area (Å²) in [6.45, 7) is 0.855. The van der Waals surface area contributed by atoms with E-state index in [4.69, 9.17) is 0 Å². The van der Waals surface area contributed by atoms with Gasteiger partial charge in [0.1, 0.15) is 6.04 Å². The van der Waals surface area contributed by atoms with Crippen molar-refractivity contribution in [2.24, 2.45) is 5.92 Å². The van der Waals surface area contributed by atoms with Gasteiger partial charge in [-0.05, 0) is 30.4 Å². The predicted octanol–water partition coefficient (Wildman–Crippen LogP) is 1.94. The molecule has 1 heterocycles. The number of carbonyl (C=O) groups excluding carboxylic acids is 1. The van der Waals surface area contributed by atoms with Crippen LogP contribution in [-0.4, -0.2) is 18.5 Å². The highest BCUT2D eigenvalue weighted by molar-refractivity contribution is 5.87. The molecule has 1 saturated carbocycles. The summed E-state index contributed by atoms with van der Waals surface area (Å²) < 4.78 is 0. The molecular weight excluding hydrogens is 212 g/mol. The molecule has 0 radical (unpaired) electrons. The molecule has 2 aliphatic rings. The average Bonchev–Trinajstić information content (AvgIpc) is 2.70. The molecule has 1 atom stereocenters. The van der Waals surface area contributed by atoms with Gasteiger partial charge in [-0.1, -0.05) is 24.6 Å². The monoisotopic (exact) mass is 230 g/mol. The summed E-state index contributed by atoms with van der Waals surface area (Å²) in [6.07, 6.45) is 4.69. The number of nitrogens with one attached hydrogen (secondary N) is 2.